The standard InChI is InChI=1S/C12H21N3OS/c1-9(6-7-15(2)3)14-12(16)11(13)10-5-4-8-17-10/h4-5,8-9,11H,6-7,13H2,1-3H3,(H,14,16). The molecule has 17 heavy (non-hydrogen) atoms. The summed E-state index contributed by atoms with van der Waals surface area (Å²) >= 11 is 1.51. The van der Waals surface area contributed by atoms with E-state index in [0.29, 0.717) is 0 Å². The van der Waals surface area contributed by atoms with E-state index >= 15 is 0 Å². The van der Waals surface area contributed by atoms with E-state index < -0.39 is 6.04 Å². The monoisotopic (exact) mass is 255 g/mol. The van der Waals surface area contributed by atoms with Gasteiger partial charge in [0, 0.05) is 10.9 Å². The van der Waals surface area contributed by atoms with Crippen molar-refractivity contribution in [2.45, 2.75) is 25.4 Å². The van der Waals surface area contributed by atoms with E-state index in [1.165, 1.54) is 11.3 Å². The second-order valence-electron chi connectivity index (χ2n) is 4.49. The second-order valence-corrected chi connectivity index (χ2v) is 5.47. The van der Waals surface area contributed by atoms with Crippen LogP contribution >= 0.6 is 11.3 Å². The molecule has 1 aromatic rings. The third-order valence-corrected chi connectivity index (χ3v) is 3.49. The van der Waals surface area contributed by atoms with E-state index in [9.17, 15) is 4.79 Å². The van der Waals surface area contributed by atoms with Crippen LogP contribution in [-0.2, 0) is 4.79 Å². The van der Waals surface area contributed by atoms with Crippen molar-refractivity contribution in [3.05, 3.63) is 22.4 Å². The third kappa shape index (κ3) is 4.85. The van der Waals surface area contributed by atoms with Gasteiger partial charge in [0.1, 0.15) is 6.04 Å². The number of amides is 1. The van der Waals surface area contributed by atoms with Gasteiger partial charge in [0.25, 0.3) is 0 Å². The van der Waals surface area contributed by atoms with Crippen LogP contribution in [0.15, 0.2) is 17.5 Å². The molecule has 0 fully saturated rings. The van der Waals surface area contributed by atoms with Gasteiger partial charge in [0.15, 0.2) is 0 Å². The topological polar surface area (TPSA) is 58.4 Å². The van der Waals surface area contributed by atoms with Crippen molar-refractivity contribution in [2.75, 3.05) is 20.6 Å². The van der Waals surface area contributed by atoms with Gasteiger partial charge in [-0.15, -0.1) is 11.3 Å². The highest BCUT2D eigenvalue weighted by molar-refractivity contribution is 7.10. The zero-order valence-electron chi connectivity index (χ0n) is 10.6. The van der Waals surface area contributed by atoms with Crippen LogP contribution in [0.5, 0.6) is 0 Å². The van der Waals surface area contributed by atoms with Crippen LogP contribution in [0.25, 0.3) is 0 Å². The number of nitrogens with one attached hydrogen (secondary N) is 1. The Morgan fingerprint density at radius 1 is 1.59 bits per heavy atom. The molecule has 0 aliphatic heterocycles. The number of hydrogen-bond donors (Lipinski definition) is 2. The van der Waals surface area contributed by atoms with Crippen LogP contribution in [0.2, 0.25) is 0 Å². The molecule has 1 aromatic heterocycles. The lowest BCUT2D eigenvalue weighted by Gasteiger charge is -2.18. The summed E-state index contributed by atoms with van der Waals surface area (Å²) in [5.41, 5.74) is 5.88. The molecular formula is C12H21N3OS. The summed E-state index contributed by atoms with van der Waals surface area (Å²) in [6.07, 6.45) is 0.926. The van der Waals surface area contributed by atoms with Gasteiger partial charge in [-0.25, -0.2) is 0 Å². The quantitative estimate of drug-likeness (QED) is 0.803. The van der Waals surface area contributed by atoms with Gasteiger partial charge in [0.05, 0.1) is 0 Å². The Labute approximate surface area is 107 Å². The molecule has 5 heteroatoms. The fourth-order valence-corrected chi connectivity index (χ4v) is 2.18. The molecule has 0 aliphatic carbocycles. The Bertz CT molecular complexity index is 338. The lowest BCUT2D eigenvalue weighted by molar-refractivity contribution is -0.123. The van der Waals surface area contributed by atoms with Crippen molar-refractivity contribution in [2.24, 2.45) is 5.73 Å². The van der Waals surface area contributed by atoms with Crippen LogP contribution in [0.1, 0.15) is 24.3 Å². The average Bonchev–Trinajstić information content (AvgIpc) is 2.78. The van der Waals surface area contributed by atoms with Crippen molar-refractivity contribution < 1.29 is 4.79 Å². The summed E-state index contributed by atoms with van der Waals surface area (Å²) in [4.78, 5) is 14.9. The van der Waals surface area contributed by atoms with E-state index in [1.807, 2.05) is 38.5 Å². The number of carbonyl (C=O) groups excluding carboxylic acids is 1. The normalized spacial score (nSPS) is 14.6. The Balaban J connectivity index is 2.38. The largest absolute Gasteiger partial charge is 0.352 e. The zero-order chi connectivity index (χ0) is 12.8. The maximum absolute atomic E-state index is 11.9. The van der Waals surface area contributed by atoms with Gasteiger partial charge in [-0.05, 0) is 45.4 Å². The minimum absolute atomic E-state index is 0.0984. The number of thiophene rings is 1. The number of hydrogen-bond acceptors (Lipinski definition) is 4. The van der Waals surface area contributed by atoms with Crippen molar-refractivity contribution in [1.29, 1.82) is 0 Å². The molecule has 96 valence electrons. The van der Waals surface area contributed by atoms with Crippen LogP contribution < -0.4 is 11.1 Å². The highest BCUT2D eigenvalue weighted by Gasteiger charge is 2.18. The summed E-state index contributed by atoms with van der Waals surface area (Å²) in [7, 11) is 4.04. The van der Waals surface area contributed by atoms with Gasteiger partial charge in [0.2, 0.25) is 5.91 Å². The molecule has 0 radical (unpaired) electrons. The van der Waals surface area contributed by atoms with Crippen LogP contribution in [-0.4, -0.2) is 37.5 Å². The predicted octanol–water partition coefficient (Wildman–Crippen LogP) is 1.20. The average molecular weight is 255 g/mol. The first-order valence-corrected chi connectivity index (χ1v) is 6.62. The van der Waals surface area contributed by atoms with Crippen LogP contribution in [0, 0.1) is 0 Å². The minimum Gasteiger partial charge on any atom is -0.352 e. The second kappa shape index (κ2) is 6.74. The van der Waals surface area contributed by atoms with Crippen molar-refractivity contribution >= 4 is 17.2 Å². The van der Waals surface area contributed by atoms with Gasteiger partial charge in [-0.3, -0.25) is 4.79 Å². The van der Waals surface area contributed by atoms with E-state index in [4.69, 9.17) is 5.73 Å². The molecule has 0 saturated carbocycles. The number of carbonyl (C=O) groups is 1. The highest BCUT2D eigenvalue weighted by Crippen LogP contribution is 2.16. The maximum atomic E-state index is 11.9. The molecule has 0 aromatic carbocycles. The van der Waals surface area contributed by atoms with Gasteiger partial charge < -0.3 is 16.0 Å². The van der Waals surface area contributed by atoms with Crippen LogP contribution in [0.4, 0.5) is 0 Å². The SMILES string of the molecule is CC(CCN(C)C)NC(=O)C(N)c1cccs1. The first-order chi connectivity index (χ1) is 8.00. The Morgan fingerprint density at radius 2 is 2.29 bits per heavy atom. The summed E-state index contributed by atoms with van der Waals surface area (Å²) < 4.78 is 0. The summed E-state index contributed by atoms with van der Waals surface area (Å²) in [5.74, 6) is -0.0984. The molecule has 0 spiro atoms. The van der Waals surface area contributed by atoms with Crippen molar-refractivity contribution in [1.82, 2.24) is 10.2 Å². The molecule has 3 N–H and O–H groups in total. The molecule has 0 bridgehead atoms. The lowest BCUT2D eigenvalue weighted by atomic mass is 10.2. The number of rotatable bonds is 6. The number of nitrogens with two attached hydrogens (primary N) is 1. The first kappa shape index (κ1) is 14.2. The van der Waals surface area contributed by atoms with Crippen molar-refractivity contribution in [3.63, 3.8) is 0 Å². The first-order valence-electron chi connectivity index (χ1n) is 5.74. The van der Waals surface area contributed by atoms with Gasteiger partial charge >= 0.3 is 0 Å². The third-order valence-electron chi connectivity index (χ3n) is 2.53. The summed E-state index contributed by atoms with van der Waals surface area (Å²) in [5, 5.41) is 4.87. The molecule has 0 aliphatic rings. The molecule has 4 nitrogen and oxygen atoms in total. The lowest BCUT2D eigenvalue weighted by Crippen LogP contribution is -2.40. The minimum atomic E-state index is -0.545. The van der Waals surface area contributed by atoms with Crippen LogP contribution in [0.3, 0.4) is 0 Å². The predicted molar refractivity (Wildman–Crippen MR) is 72.0 cm³/mol. The van der Waals surface area contributed by atoms with E-state index in [2.05, 4.69) is 10.2 Å². The fraction of sp³-hybridized carbons (Fsp3) is 0.583. The Kier molecular flexibility index (Phi) is 5.61. The molecule has 2 atom stereocenters. The van der Waals surface area contributed by atoms with E-state index in [0.717, 1.165) is 17.8 Å². The Hall–Kier alpha value is -0.910. The maximum Gasteiger partial charge on any atom is 0.242 e. The molecule has 1 rings (SSSR count). The summed E-state index contributed by atoms with van der Waals surface area (Å²) in [6, 6.07) is 3.40. The molecular weight excluding hydrogens is 234 g/mol. The molecule has 1 amide bonds. The summed E-state index contributed by atoms with van der Waals surface area (Å²) in [6.45, 7) is 2.96. The molecule has 2 unspecified atom stereocenters. The van der Waals surface area contributed by atoms with E-state index in [1.54, 1.807) is 0 Å². The molecule has 0 saturated heterocycles. The fourth-order valence-electron chi connectivity index (χ4n) is 1.45. The van der Waals surface area contributed by atoms with Crippen molar-refractivity contribution in [3.8, 4) is 0 Å². The smallest absolute Gasteiger partial charge is 0.242 e. The molecule has 1 heterocycles. The number of nitrogens with zero attached hydrogens (tertiary/aromatic N) is 1. The highest BCUT2D eigenvalue weighted by atomic mass is 32.1. The van der Waals surface area contributed by atoms with Gasteiger partial charge in [-0.1, -0.05) is 6.07 Å². The zero-order valence-corrected chi connectivity index (χ0v) is 11.5. The Morgan fingerprint density at radius 3 is 2.82 bits per heavy atom. The van der Waals surface area contributed by atoms with Gasteiger partial charge in [-0.2, -0.15) is 0 Å². The van der Waals surface area contributed by atoms with E-state index in [-0.39, 0.29) is 11.9 Å².